The first kappa shape index (κ1) is 16.7. The Morgan fingerprint density at radius 1 is 1.35 bits per heavy atom. The molecule has 4 rings (SSSR count). The fourth-order valence-electron chi connectivity index (χ4n) is 3.43. The summed E-state index contributed by atoms with van der Waals surface area (Å²) in [5.74, 6) is 2.51. The summed E-state index contributed by atoms with van der Waals surface area (Å²) >= 11 is 0. The van der Waals surface area contributed by atoms with Gasteiger partial charge in [0, 0.05) is 31.0 Å². The molecule has 0 bridgehead atoms. The average Bonchev–Trinajstić information content (AvgIpc) is 3.34. The lowest BCUT2D eigenvalue weighted by Gasteiger charge is -2.31. The van der Waals surface area contributed by atoms with Crippen LogP contribution >= 0.6 is 0 Å². The molecule has 1 aliphatic heterocycles. The Kier molecular flexibility index (Phi) is 4.93. The van der Waals surface area contributed by atoms with Crippen LogP contribution in [0.25, 0.3) is 17.5 Å². The van der Waals surface area contributed by atoms with Gasteiger partial charge in [-0.2, -0.15) is 4.98 Å². The van der Waals surface area contributed by atoms with E-state index in [-0.39, 0.29) is 5.92 Å². The Bertz CT molecular complexity index is 855. The fourth-order valence-corrected chi connectivity index (χ4v) is 3.43. The van der Waals surface area contributed by atoms with Crippen LogP contribution in [0.5, 0.6) is 0 Å². The van der Waals surface area contributed by atoms with E-state index in [1.54, 1.807) is 18.7 Å². The summed E-state index contributed by atoms with van der Waals surface area (Å²) in [5, 5.41) is 4.13. The highest BCUT2D eigenvalue weighted by atomic mass is 16.5. The minimum absolute atomic E-state index is 0.276. The molecule has 0 radical (unpaired) electrons. The number of nitrogens with zero attached hydrogens (tertiary/aromatic N) is 4. The van der Waals surface area contributed by atoms with Gasteiger partial charge < -0.3 is 8.94 Å². The van der Waals surface area contributed by atoms with Crippen molar-refractivity contribution in [2.24, 2.45) is 0 Å². The van der Waals surface area contributed by atoms with Crippen molar-refractivity contribution < 1.29 is 8.94 Å². The minimum atomic E-state index is 0.276. The maximum Gasteiger partial charge on any atom is 0.231 e. The quantitative estimate of drug-likeness (QED) is 0.692. The maximum absolute atomic E-state index is 5.55. The van der Waals surface area contributed by atoms with Crippen LogP contribution < -0.4 is 0 Å². The van der Waals surface area contributed by atoms with Crippen molar-refractivity contribution >= 4 is 6.08 Å². The van der Waals surface area contributed by atoms with Crippen molar-refractivity contribution in [2.75, 3.05) is 19.6 Å². The lowest BCUT2D eigenvalue weighted by Crippen LogP contribution is -2.35. The fraction of sp³-hybridized carbons (Fsp3) is 0.350. The van der Waals surface area contributed by atoms with Crippen LogP contribution in [0, 0.1) is 0 Å². The van der Waals surface area contributed by atoms with E-state index < -0.39 is 0 Å². The molecular weight excluding hydrogens is 328 g/mol. The molecule has 1 fully saturated rings. The lowest BCUT2D eigenvalue weighted by atomic mass is 9.97. The number of hydrogen-bond donors (Lipinski definition) is 0. The first-order chi connectivity index (χ1) is 12.8. The predicted octanol–water partition coefficient (Wildman–Crippen LogP) is 4.01. The summed E-state index contributed by atoms with van der Waals surface area (Å²) in [6.07, 6.45) is 9.49. The van der Waals surface area contributed by atoms with Gasteiger partial charge in [0.05, 0.1) is 12.2 Å². The van der Waals surface area contributed by atoms with Gasteiger partial charge in [0.2, 0.25) is 11.7 Å². The van der Waals surface area contributed by atoms with Crippen LogP contribution in [0.2, 0.25) is 0 Å². The summed E-state index contributed by atoms with van der Waals surface area (Å²) in [6, 6.07) is 7.70. The molecule has 3 aromatic rings. The standard InChI is InChI=1S/C20H22N4O2/c1-15(11-18-7-4-10-25-18)13-24-9-3-6-17(14-24)20-22-19(23-26-20)16-5-2-8-21-12-16/h2,4-5,7-8,10-12,17H,3,6,9,13-14H2,1H3/b15-11+/t17-/m1/s1. The third-order valence-electron chi connectivity index (χ3n) is 4.62. The van der Waals surface area contributed by atoms with Crippen molar-refractivity contribution in [3.8, 4) is 11.4 Å². The van der Waals surface area contributed by atoms with Crippen LogP contribution in [0.1, 0.15) is 37.3 Å². The maximum atomic E-state index is 5.55. The number of piperidine rings is 1. The minimum Gasteiger partial charge on any atom is -0.465 e. The van der Waals surface area contributed by atoms with Gasteiger partial charge in [0.25, 0.3) is 0 Å². The predicted molar refractivity (Wildman–Crippen MR) is 98.3 cm³/mol. The van der Waals surface area contributed by atoms with Crippen LogP contribution in [-0.2, 0) is 0 Å². The van der Waals surface area contributed by atoms with E-state index in [1.807, 2.05) is 24.3 Å². The Hall–Kier alpha value is -2.73. The first-order valence-corrected chi connectivity index (χ1v) is 8.95. The molecule has 6 nitrogen and oxygen atoms in total. The smallest absolute Gasteiger partial charge is 0.231 e. The molecule has 26 heavy (non-hydrogen) atoms. The third kappa shape index (κ3) is 3.91. The van der Waals surface area contributed by atoms with E-state index in [2.05, 4.69) is 33.0 Å². The Morgan fingerprint density at radius 2 is 2.31 bits per heavy atom. The van der Waals surface area contributed by atoms with Gasteiger partial charge >= 0.3 is 0 Å². The summed E-state index contributed by atoms with van der Waals surface area (Å²) in [6.45, 7) is 5.07. The molecule has 0 spiro atoms. The SMILES string of the molecule is C/C(=C\c1ccco1)CN1CCC[C@@H](c2nc(-c3cccnc3)no2)C1. The number of furan rings is 1. The van der Waals surface area contributed by atoms with E-state index in [1.165, 1.54) is 5.57 Å². The molecule has 0 aromatic carbocycles. The molecule has 1 atom stereocenters. The zero-order chi connectivity index (χ0) is 17.8. The van der Waals surface area contributed by atoms with Gasteiger partial charge in [0.15, 0.2) is 0 Å². The highest BCUT2D eigenvalue weighted by Gasteiger charge is 2.26. The summed E-state index contributed by atoms with van der Waals surface area (Å²) < 4.78 is 10.9. The van der Waals surface area contributed by atoms with E-state index in [0.29, 0.717) is 5.82 Å². The summed E-state index contributed by atoms with van der Waals surface area (Å²) in [7, 11) is 0. The number of pyridine rings is 1. The van der Waals surface area contributed by atoms with Gasteiger partial charge in [-0.15, -0.1) is 0 Å². The highest BCUT2D eigenvalue weighted by molar-refractivity contribution is 5.52. The largest absolute Gasteiger partial charge is 0.465 e. The lowest BCUT2D eigenvalue weighted by molar-refractivity contribution is 0.199. The molecule has 0 unspecified atom stereocenters. The second-order valence-electron chi connectivity index (χ2n) is 6.78. The summed E-state index contributed by atoms with van der Waals surface area (Å²) in [5.41, 5.74) is 2.16. The molecular formula is C20H22N4O2. The third-order valence-corrected chi connectivity index (χ3v) is 4.62. The molecule has 1 saturated heterocycles. The van der Waals surface area contributed by atoms with Gasteiger partial charge in [-0.05, 0) is 56.7 Å². The number of rotatable bonds is 5. The molecule has 0 saturated carbocycles. The van der Waals surface area contributed by atoms with Crippen molar-refractivity contribution in [1.82, 2.24) is 20.0 Å². The Labute approximate surface area is 152 Å². The number of aromatic nitrogens is 3. The van der Waals surface area contributed by atoms with Gasteiger partial charge in [-0.3, -0.25) is 9.88 Å². The molecule has 3 aromatic heterocycles. The second-order valence-corrected chi connectivity index (χ2v) is 6.78. The van der Waals surface area contributed by atoms with Crippen molar-refractivity contribution in [1.29, 1.82) is 0 Å². The van der Waals surface area contributed by atoms with E-state index >= 15 is 0 Å². The van der Waals surface area contributed by atoms with E-state index in [0.717, 1.165) is 49.7 Å². The topological polar surface area (TPSA) is 68.2 Å². The normalized spacial score (nSPS) is 19.0. The second kappa shape index (κ2) is 7.66. The first-order valence-electron chi connectivity index (χ1n) is 8.95. The van der Waals surface area contributed by atoms with Gasteiger partial charge in [-0.1, -0.05) is 10.7 Å². The van der Waals surface area contributed by atoms with E-state index in [9.17, 15) is 0 Å². The van der Waals surface area contributed by atoms with Crippen molar-refractivity contribution in [3.63, 3.8) is 0 Å². The van der Waals surface area contributed by atoms with Crippen LogP contribution in [0.15, 0.2) is 57.4 Å². The zero-order valence-electron chi connectivity index (χ0n) is 14.8. The molecule has 6 heteroatoms. The molecule has 134 valence electrons. The molecule has 4 heterocycles. The van der Waals surface area contributed by atoms with Crippen molar-refractivity contribution in [2.45, 2.75) is 25.7 Å². The number of likely N-dealkylation sites (tertiary alicyclic amines) is 1. The number of hydrogen-bond acceptors (Lipinski definition) is 6. The van der Waals surface area contributed by atoms with Crippen molar-refractivity contribution in [3.05, 3.63) is 60.1 Å². The molecule has 0 amide bonds. The average molecular weight is 350 g/mol. The van der Waals surface area contributed by atoms with Crippen LogP contribution in [0.4, 0.5) is 0 Å². The Morgan fingerprint density at radius 3 is 3.12 bits per heavy atom. The monoisotopic (exact) mass is 350 g/mol. The van der Waals surface area contributed by atoms with Crippen LogP contribution in [0.3, 0.4) is 0 Å². The molecule has 0 aliphatic carbocycles. The Balaban J connectivity index is 1.41. The van der Waals surface area contributed by atoms with E-state index in [4.69, 9.17) is 8.94 Å². The van der Waals surface area contributed by atoms with Gasteiger partial charge in [0.1, 0.15) is 5.76 Å². The molecule has 0 N–H and O–H groups in total. The molecule has 1 aliphatic rings. The highest BCUT2D eigenvalue weighted by Crippen LogP contribution is 2.28. The van der Waals surface area contributed by atoms with Crippen LogP contribution in [-0.4, -0.2) is 39.7 Å². The zero-order valence-corrected chi connectivity index (χ0v) is 14.8. The van der Waals surface area contributed by atoms with Gasteiger partial charge in [-0.25, -0.2) is 0 Å². The summed E-state index contributed by atoms with van der Waals surface area (Å²) in [4.78, 5) is 11.2.